The van der Waals surface area contributed by atoms with E-state index in [0.717, 1.165) is 128 Å². The molecule has 0 spiro atoms. The number of aromatic nitrogens is 4. The number of rotatable bonds is 20. The third-order valence-corrected chi connectivity index (χ3v) is 30.0. The van der Waals surface area contributed by atoms with Gasteiger partial charge in [-0.3, -0.25) is 58.7 Å². The van der Waals surface area contributed by atoms with Crippen LogP contribution in [0.3, 0.4) is 0 Å². The Balaban J connectivity index is 0.000000126. The van der Waals surface area contributed by atoms with Crippen molar-refractivity contribution in [2.75, 3.05) is 119 Å². The number of hydrogen-bond acceptors (Lipinski definition) is 16. The van der Waals surface area contributed by atoms with E-state index >= 15 is 0 Å². The molecule has 8 aliphatic rings. The Morgan fingerprint density at radius 3 is 0.853 bits per heavy atom. The predicted molar refractivity (Wildman–Crippen MR) is 539 cm³/mol. The molecule has 12 heterocycles. The fourth-order valence-electron chi connectivity index (χ4n) is 22.9. The molecular formula is C116H132N12O8. The number of carbonyl (C=O) groups excluding carboxylic acids is 4. The zero-order valence-corrected chi connectivity index (χ0v) is 79.7. The first-order valence-corrected chi connectivity index (χ1v) is 49.3. The van der Waals surface area contributed by atoms with Crippen molar-refractivity contribution in [3.63, 3.8) is 0 Å². The second-order valence-corrected chi connectivity index (χ2v) is 38.1. The monoisotopic (exact) mass is 1820 g/mol. The zero-order chi connectivity index (χ0) is 94.0. The highest BCUT2D eigenvalue weighted by Crippen LogP contribution is 2.48. The quantitative estimate of drug-likeness (QED) is 0.0728. The zero-order valence-electron chi connectivity index (χ0n) is 79.7. The average molecular weight is 1820 g/mol. The van der Waals surface area contributed by atoms with Crippen LogP contribution >= 0.6 is 0 Å². The van der Waals surface area contributed by atoms with Crippen molar-refractivity contribution < 1.29 is 38.9 Å². The van der Waals surface area contributed by atoms with Gasteiger partial charge in [0.05, 0.1) is 50.4 Å². The Bertz CT molecular complexity index is 5910. The van der Waals surface area contributed by atoms with Gasteiger partial charge in [-0.1, -0.05) is 206 Å². The summed E-state index contributed by atoms with van der Waals surface area (Å²) in [6.07, 6.45) is 19.2. The van der Waals surface area contributed by atoms with E-state index in [1.54, 1.807) is 51.4 Å². The molecule has 8 saturated heterocycles. The van der Waals surface area contributed by atoms with Gasteiger partial charge in [0, 0.05) is 187 Å². The molecule has 704 valence electrons. The number of ether oxygens (including phenoxy) is 2. The number of carbonyl (C=O) groups is 4. The molecule has 4 aromatic heterocycles. The maximum absolute atomic E-state index is 13.3. The lowest BCUT2D eigenvalue weighted by molar-refractivity contribution is -0.136. The summed E-state index contributed by atoms with van der Waals surface area (Å²) in [5, 5.41) is 20.4. The molecular weight excluding hydrogens is 1690 g/mol. The van der Waals surface area contributed by atoms with E-state index < -0.39 is 0 Å². The lowest BCUT2D eigenvalue weighted by Gasteiger charge is -2.57. The lowest BCUT2D eigenvalue weighted by Crippen LogP contribution is -2.68. The summed E-state index contributed by atoms with van der Waals surface area (Å²) in [4.78, 5) is 87.9. The van der Waals surface area contributed by atoms with E-state index in [0.29, 0.717) is 86.3 Å². The van der Waals surface area contributed by atoms with Crippen LogP contribution in [0.15, 0.2) is 292 Å². The number of nitrogens with zero attached hydrogens (tertiary/aromatic N) is 12. The topological polar surface area (TPSA) is 205 Å². The van der Waals surface area contributed by atoms with Crippen LogP contribution in [-0.2, 0) is 31.9 Å². The first kappa shape index (κ1) is 95.6. The lowest BCUT2D eigenvalue weighted by atomic mass is 9.74. The second-order valence-electron chi connectivity index (χ2n) is 38.1. The largest absolute Gasteiger partial charge is 0.395 e. The molecule has 12 aromatic rings. The molecule has 8 fully saturated rings. The van der Waals surface area contributed by atoms with Gasteiger partial charge in [-0.15, -0.1) is 0 Å². The summed E-state index contributed by atoms with van der Waals surface area (Å²) < 4.78 is 11.3. The summed E-state index contributed by atoms with van der Waals surface area (Å²) in [6, 6.07) is 90.4. The van der Waals surface area contributed by atoms with Gasteiger partial charge in [-0.05, 0) is 243 Å². The number of fused-ring (bicyclic) bond motifs is 4. The Kier molecular flexibility index (Phi) is 32.1. The van der Waals surface area contributed by atoms with Crippen LogP contribution in [0.4, 0.5) is 0 Å². The number of pyridine rings is 4. The SMILES string of the molecule is COC[C@@H]1[C@@H](c2ccc(-c3ccccc3C)cc2)[C@@H]2CN(C(=O)c3cccnc3)CCCCN12.COC[C@H]1[C@@H](c2ccc(-c3ccccc3C)cc2)[C@@H]2CN(C(=O)Cc3ccccn3)CCCCN12.Cc1ccccc1-c1ccc([C@H]2[C@@H](CO)N3CCCCN(C(=O)Cc4ccccn4)C[C@@H]23)cc1.Cc1ccccc1-c1ccc([C@H]2[C@@H](CO)N3CCCCN(C(=O)c4cccnc4)C[C@@H]23)cc1. The average Bonchev–Trinajstić information content (AvgIpc) is 0.756. The van der Waals surface area contributed by atoms with Gasteiger partial charge in [0.1, 0.15) is 0 Å². The fraction of sp³-hybridized carbons (Fsp3) is 0.379. The molecule has 12 atom stereocenters. The number of aliphatic hydroxyl groups is 2. The molecule has 4 amide bonds. The van der Waals surface area contributed by atoms with Gasteiger partial charge in [-0.25, -0.2) is 0 Å². The summed E-state index contributed by atoms with van der Waals surface area (Å²) in [5.41, 5.74) is 23.2. The minimum absolute atomic E-state index is 0.0473. The molecule has 20 nitrogen and oxygen atoms in total. The molecule has 2 N–H and O–H groups in total. The Labute approximate surface area is 803 Å². The Hall–Kier alpha value is -12.1. The molecule has 20 heteroatoms. The van der Waals surface area contributed by atoms with Crippen molar-refractivity contribution in [2.45, 2.75) is 164 Å². The maximum Gasteiger partial charge on any atom is 0.255 e. The Morgan fingerprint density at radius 1 is 0.309 bits per heavy atom. The number of amides is 4. The highest BCUT2D eigenvalue weighted by atomic mass is 16.5. The van der Waals surface area contributed by atoms with Crippen LogP contribution in [0.5, 0.6) is 0 Å². The minimum Gasteiger partial charge on any atom is -0.395 e. The normalized spacial score (nSPS) is 22.9. The molecule has 20 rings (SSSR count). The molecule has 8 aliphatic heterocycles. The van der Waals surface area contributed by atoms with Crippen molar-refractivity contribution >= 4 is 23.6 Å². The molecule has 0 radical (unpaired) electrons. The van der Waals surface area contributed by atoms with Gasteiger partial charge < -0.3 is 39.3 Å². The summed E-state index contributed by atoms with van der Waals surface area (Å²) in [5.74, 6) is 1.57. The highest BCUT2D eigenvalue weighted by molar-refractivity contribution is 5.94. The summed E-state index contributed by atoms with van der Waals surface area (Å²) >= 11 is 0. The van der Waals surface area contributed by atoms with Crippen molar-refractivity contribution in [3.05, 3.63) is 359 Å². The predicted octanol–water partition coefficient (Wildman–Crippen LogP) is 17.7. The summed E-state index contributed by atoms with van der Waals surface area (Å²) in [6.45, 7) is 20.4. The molecule has 0 unspecified atom stereocenters. The van der Waals surface area contributed by atoms with E-state index in [1.165, 1.54) is 89.0 Å². The van der Waals surface area contributed by atoms with Crippen molar-refractivity contribution in [1.29, 1.82) is 0 Å². The van der Waals surface area contributed by atoms with E-state index in [1.807, 2.05) is 75.4 Å². The third kappa shape index (κ3) is 21.8. The van der Waals surface area contributed by atoms with Gasteiger partial charge >= 0.3 is 0 Å². The van der Waals surface area contributed by atoms with Gasteiger partial charge in [0.25, 0.3) is 11.8 Å². The first-order chi connectivity index (χ1) is 66.6. The van der Waals surface area contributed by atoms with Crippen LogP contribution in [0.25, 0.3) is 44.5 Å². The summed E-state index contributed by atoms with van der Waals surface area (Å²) in [7, 11) is 3.58. The minimum atomic E-state index is 0.0473. The van der Waals surface area contributed by atoms with E-state index in [-0.39, 0.29) is 72.8 Å². The molecule has 8 aromatic carbocycles. The molecule has 0 saturated carbocycles. The number of benzene rings is 8. The van der Waals surface area contributed by atoms with Crippen LogP contribution < -0.4 is 0 Å². The number of aliphatic hydroxyl groups excluding tert-OH is 2. The van der Waals surface area contributed by atoms with Crippen LogP contribution in [0.1, 0.15) is 152 Å². The maximum atomic E-state index is 13.3. The van der Waals surface area contributed by atoms with Crippen LogP contribution in [-0.4, -0.2) is 260 Å². The van der Waals surface area contributed by atoms with Crippen LogP contribution in [0, 0.1) is 27.7 Å². The standard InChI is InChI=1S/C30H35N3O2.2C29H33N3O2.C28H31N3O2/c1-22-9-3-4-11-26(22)23-12-14-24(15-13-23)30-27-20-32(29(34)19-25-10-5-6-16-31-25)17-7-8-18-33(27)28(30)21-35-2;1-21-8-3-4-10-25(21)22-11-13-23(14-12-22)28-26-19-31(29(33)24-9-7-15-30-18-24)16-5-6-17-32(26)27(28)20-34-2;1-21-8-2-3-10-25(21)22-11-13-23(14-12-22)29-26-19-31(16-6-7-17-32(26)27(29)20-33)28(34)18-24-9-4-5-15-30-24;1-20-7-2-3-9-24(20)21-10-12-22(13-11-21)27-25-18-30(28(33)23-8-6-14-29-17-23)15-4-5-16-31(25)26(27)19-32/h3-6,9-16,27-28,30H,7-8,17-21H2,1-2H3;3-4,7-15,18,26-28H,5-6,16-17,19-20H2,1-2H3;2-5,8-15,26-27,29,33H,6-7,16-20H2,1H3;2-3,6-14,17,25-27,32H,4-5,15-16,18-19H2,1H3/t27-,28-,30-;26-,27+,28-;26-,27+,29+;25-,26+,27+/m0000/s1. The second kappa shape index (κ2) is 45.7. The molecule has 136 heavy (non-hydrogen) atoms. The number of aryl methyl sites for hydroxylation is 4. The van der Waals surface area contributed by atoms with Crippen molar-refractivity contribution in [3.8, 4) is 44.5 Å². The van der Waals surface area contributed by atoms with E-state index in [4.69, 9.17) is 9.47 Å². The smallest absolute Gasteiger partial charge is 0.255 e. The van der Waals surface area contributed by atoms with Gasteiger partial charge in [-0.2, -0.15) is 0 Å². The molecule has 0 bridgehead atoms. The van der Waals surface area contributed by atoms with E-state index in [9.17, 15) is 29.4 Å². The van der Waals surface area contributed by atoms with Crippen molar-refractivity contribution in [1.82, 2.24) is 59.1 Å². The molecule has 0 aliphatic carbocycles. The number of hydrogen-bond donors (Lipinski definition) is 2. The van der Waals surface area contributed by atoms with Crippen LogP contribution in [0.2, 0.25) is 0 Å². The van der Waals surface area contributed by atoms with Gasteiger partial charge in [0.15, 0.2) is 0 Å². The van der Waals surface area contributed by atoms with Gasteiger partial charge in [0.2, 0.25) is 11.8 Å². The first-order valence-electron chi connectivity index (χ1n) is 49.3. The fourth-order valence-corrected chi connectivity index (χ4v) is 22.9. The van der Waals surface area contributed by atoms with Crippen molar-refractivity contribution in [2.24, 2.45) is 0 Å². The number of methoxy groups -OCH3 is 2. The Morgan fingerprint density at radius 2 is 0.581 bits per heavy atom. The third-order valence-electron chi connectivity index (χ3n) is 30.0. The highest BCUT2D eigenvalue weighted by Gasteiger charge is 2.54. The van der Waals surface area contributed by atoms with E-state index in [2.05, 4.69) is 266 Å².